The van der Waals surface area contributed by atoms with Crippen LogP contribution in [0.3, 0.4) is 0 Å². The highest BCUT2D eigenvalue weighted by molar-refractivity contribution is 7.80. The molecule has 0 aromatic carbocycles. The molecule has 1 rings (SSSR count). The fourth-order valence-electron chi connectivity index (χ4n) is 1.79. The first-order chi connectivity index (χ1) is 12.1. The summed E-state index contributed by atoms with van der Waals surface area (Å²) >= 11 is 4.02. The quantitative estimate of drug-likeness (QED) is 0.241. The smallest absolute Gasteiger partial charge is 0.335 e. The summed E-state index contributed by atoms with van der Waals surface area (Å²) in [5, 5.41) is 0.523. The van der Waals surface area contributed by atoms with E-state index in [1.807, 2.05) is 0 Å². The number of nitrogens with zero attached hydrogens (tertiary/aromatic N) is 1. The summed E-state index contributed by atoms with van der Waals surface area (Å²) in [4.78, 5) is 38.7. The molecule has 0 spiro atoms. The molecule has 2 amide bonds. The maximum absolute atomic E-state index is 11.5. The predicted octanol–water partition coefficient (Wildman–Crippen LogP) is -0.0201. The molecule has 0 unspecified atom stereocenters. The lowest BCUT2D eigenvalue weighted by molar-refractivity contribution is -0.198. The Kier molecular flexibility index (Phi) is 12.2. The Morgan fingerprint density at radius 3 is 1.72 bits per heavy atom. The third kappa shape index (κ3) is 10.4. The summed E-state index contributed by atoms with van der Waals surface area (Å²) < 4.78 is 21.0. The highest BCUT2D eigenvalue weighted by Crippen LogP contribution is 2.12. The zero-order chi connectivity index (χ0) is 18.3. The van der Waals surface area contributed by atoms with E-state index in [0.717, 1.165) is 0 Å². The van der Waals surface area contributed by atoms with Crippen LogP contribution in [0.5, 0.6) is 0 Å². The molecule has 1 fully saturated rings. The number of rotatable bonds is 15. The SMILES string of the molecule is O=C(CCOCCOCCOCCOCCS)ON1C(=O)CCC1=O. The molecule has 0 aromatic heterocycles. The molecule has 0 aromatic rings. The van der Waals surface area contributed by atoms with Crippen molar-refractivity contribution in [2.75, 3.05) is 58.6 Å². The average molecular weight is 379 g/mol. The van der Waals surface area contributed by atoms with Gasteiger partial charge in [0.1, 0.15) is 0 Å². The van der Waals surface area contributed by atoms with E-state index >= 15 is 0 Å². The van der Waals surface area contributed by atoms with E-state index in [0.29, 0.717) is 57.1 Å². The normalized spacial score (nSPS) is 14.4. The van der Waals surface area contributed by atoms with Crippen LogP contribution < -0.4 is 0 Å². The van der Waals surface area contributed by atoms with E-state index in [9.17, 15) is 14.4 Å². The molecule has 0 bridgehead atoms. The van der Waals surface area contributed by atoms with Crippen molar-refractivity contribution in [3.8, 4) is 0 Å². The second kappa shape index (κ2) is 14.0. The molecule has 1 aliphatic rings. The molecule has 9 nitrogen and oxygen atoms in total. The molecule has 0 saturated carbocycles. The fourth-order valence-corrected chi connectivity index (χ4v) is 1.92. The highest BCUT2D eigenvalue weighted by Gasteiger charge is 2.32. The van der Waals surface area contributed by atoms with Gasteiger partial charge in [0.25, 0.3) is 11.8 Å². The van der Waals surface area contributed by atoms with E-state index in [4.69, 9.17) is 23.8 Å². The first-order valence-corrected chi connectivity index (χ1v) is 8.77. The lowest BCUT2D eigenvalue weighted by atomic mass is 10.4. The largest absolute Gasteiger partial charge is 0.378 e. The van der Waals surface area contributed by atoms with Gasteiger partial charge in [-0.1, -0.05) is 0 Å². The molecule has 25 heavy (non-hydrogen) atoms. The maximum Gasteiger partial charge on any atom is 0.335 e. The number of carbonyl (C=O) groups excluding carboxylic acids is 3. The van der Waals surface area contributed by atoms with Crippen molar-refractivity contribution in [1.82, 2.24) is 5.06 Å². The van der Waals surface area contributed by atoms with Crippen molar-refractivity contribution >= 4 is 30.4 Å². The maximum atomic E-state index is 11.5. The fraction of sp³-hybridized carbons (Fsp3) is 0.800. The zero-order valence-corrected chi connectivity index (χ0v) is 15.0. The Morgan fingerprint density at radius 1 is 0.800 bits per heavy atom. The van der Waals surface area contributed by atoms with Crippen LogP contribution in [0, 0.1) is 0 Å². The Balaban J connectivity index is 1.84. The van der Waals surface area contributed by atoms with Crippen LogP contribution in [-0.2, 0) is 38.2 Å². The highest BCUT2D eigenvalue weighted by atomic mass is 32.1. The van der Waals surface area contributed by atoms with Crippen LogP contribution in [0.15, 0.2) is 0 Å². The van der Waals surface area contributed by atoms with Crippen molar-refractivity contribution < 1.29 is 38.2 Å². The molecule has 0 aliphatic carbocycles. The van der Waals surface area contributed by atoms with Gasteiger partial charge >= 0.3 is 5.97 Å². The summed E-state index contributed by atoms with van der Waals surface area (Å²) in [5.74, 6) is -0.987. The van der Waals surface area contributed by atoms with E-state index in [1.165, 1.54) is 0 Å². The average Bonchev–Trinajstić information content (AvgIpc) is 2.91. The molecule has 1 heterocycles. The van der Waals surface area contributed by atoms with Crippen molar-refractivity contribution in [2.24, 2.45) is 0 Å². The molecular formula is C15H25NO8S. The van der Waals surface area contributed by atoms with Gasteiger partial charge in [-0.15, -0.1) is 5.06 Å². The van der Waals surface area contributed by atoms with E-state index in [-0.39, 0.29) is 25.9 Å². The number of hydroxylamine groups is 2. The molecule has 0 N–H and O–H groups in total. The van der Waals surface area contributed by atoms with Gasteiger partial charge in [-0.05, 0) is 0 Å². The molecule has 0 radical (unpaired) electrons. The van der Waals surface area contributed by atoms with Crippen LogP contribution in [0.2, 0.25) is 0 Å². The second-order valence-corrected chi connectivity index (χ2v) is 5.42. The number of hydrogen-bond donors (Lipinski definition) is 1. The number of carbonyl (C=O) groups is 3. The number of amides is 2. The van der Waals surface area contributed by atoms with E-state index in [2.05, 4.69) is 12.6 Å². The van der Waals surface area contributed by atoms with Crippen LogP contribution in [-0.4, -0.2) is 81.5 Å². The van der Waals surface area contributed by atoms with Crippen molar-refractivity contribution in [2.45, 2.75) is 19.3 Å². The molecule has 0 atom stereocenters. The summed E-state index contributed by atoms with van der Waals surface area (Å²) in [6.07, 6.45) is 0.102. The van der Waals surface area contributed by atoms with E-state index < -0.39 is 17.8 Å². The van der Waals surface area contributed by atoms with Gasteiger partial charge in [-0.3, -0.25) is 9.59 Å². The third-order valence-electron chi connectivity index (χ3n) is 3.00. The van der Waals surface area contributed by atoms with Crippen molar-refractivity contribution in [3.05, 3.63) is 0 Å². The van der Waals surface area contributed by atoms with Crippen LogP contribution in [0.1, 0.15) is 19.3 Å². The first kappa shape index (κ1) is 21.8. The summed E-state index contributed by atoms with van der Waals surface area (Å²) in [7, 11) is 0. The molecule has 1 saturated heterocycles. The number of imide groups is 1. The van der Waals surface area contributed by atoms with Crippen LogP contribution >= 0.6 is 12.6 Å². The van der Waals surface area contributed by atoms with Gasteiger partial charge < -0.3 is 23.8 Å². The minimum absolute atomic E-state index is 0.0492. The molecule has 144 valence electrons. The van der Waals surface area contributed by atoms with Gasteiger partial charge in [-0.25, -0.2) is 4.79 Å². The monoisotopic (exact) mass is 379 g/mol. The topological polar surface area (TPSA) is 101 Å². The Hall–Kier alpha value is -1.20. The van der Waals surface area contributed by atoms with Crippen molar-refractivity contribution in [3.63, 3.8) is 0 Å². The minimum atomic E-state index is -0.682. The van der Waals surface area contributed by atoms with E-state index in [1.54, 1.807) is 0 Å². The number of hydrogen-bond acceptors (Lipinski definition) is 9. The number of ether oxygens (including phenoxy) is 4. The van der Waals surface area contributed by atoms with Gasteiger partial charge in [0.2, 0.25) is 0 Å². The van der Waals surface area contributed by atoms with Crippen molar-refractivity contribution in [1.29, 1.82) is 0 Å². The van der Waals surface area contributed by atoms with Gasteiger partial charge in [-0.2, -0.15) is 12.6 Å². The Labute approximate surface area is 152 Å². The van der Waals surface area contributed by atoms with Crippen LogP contribution in [0.25, 0.3) is 0 Å². The first-order valence-electron chi connectivity index (χ1n) is 8.13. The molecule has 10 heteroatoms. The summed E-state index contributed by atoms with van der Waals surface area (Å²) in [5.41, 5.74) is 0. The van der Waals surface area contributed by atoms with Gasteiger partial charge in [0, 0.05) is 18.6 Å². The zero-order valence-electron chi connectivity index (χ0n) is 14.1. The second-order valence-electron chi connectivity index (χ2n) is 4.97. The summed E-state index contributed by atoms with van der Waals surface area (Å²) in [6.45, 7) is 3.38. The lowest BCUT2D eigenvalue weighted by Gasteiger charge is -2.12. The third-order valence-corrected chi connectivity index (χ3v) is 3.18. The number of thiol groups is 1. The Bertz CT molecular complexity index is 404. The molecular weight excluding hydrogens is 354 g/mol. The van der Waals surface area contributed by atoms with Gasteiger partial charge in [0.05, 0.1) is 59.3 Å². The minimum Gasteiger partial charge on any atom is -0.378 e. The lowest BCUT2D eigenvalue weighted by Crippen LogP contribution is -2.32. The molecule has 1 aliphatic heterocycles. The standard InChI is InChI=1S/C15H25NO8S/c17-13-1-2-14(18)16(13)24-15(19)3-4-20-5-6-21-7-8-22-9-10-23-11-12-25/h25H,1-12H2. The van der Waals surface area contributed by atoms with Gasteiger partial charge in [0.15, 0.2) is 0 Å². The van der Waals surface area contributed by atoms with Crippen LogP contribution in [0.4, 0.5) is 0 Å². The predicted molar refractivity (Wildman–Crippen MR) is 88.9 cm³/mol. The summed E-state index contributed by atoms with van der Waals surface area (Å²) in [6, 6.07) is 0. The Morgan fingerprint density at radius 2 is 1.24 bits per heavy atom.